The molecule has 0 aliphatic carbocycles. The molecule has 156 valence electrons. The van der Waals surface area contributed by atoms with Crippen molar-refractivity contribution in [2.24, 2.45) is 0 Å². The number of ketones is 1. The fourth-order valence-electron chi connectivity index (χ4n) is 2.71. The van der Waals surface area contributed by atoms with Gasteiger partial charge in [0.1, 0.15) is 23.3 Å². The van der Waals surface area contributed by atoms with E-state index in [1.54, 1.807) is 37.5 Å². The highest BCUT2D eigenvalue weighted by Crippen LogP contribution is 2.35. The molecule has 9 nitrogen and oxygen atoms in total. The molecule has 1 heterocycles. The third kappa shape index (κ3) is 4.76. The number of carboxylic acid groups (broad SMARTS) is 1. The van der Waals surface area contributed by atoms with Gasteiger partial charge in [-0.05, 0) is 35.9 Å². The minimum Gasteiger partial charge on any atom is -0.497 e. The highest BCUT2D eigenvalue weighted by Gasteiger charge is 2.28. The van der Waals surface area contributed by atoms with Crippen LogP contribution < -0.4 is 19.5 Å². The van der Waals surface area contributed by atoms with Crippen LogP contribution in [0.5, 0.6) is 17.2 Å². The summed E-state index contributed by atoms with van der Waals surface area (Å²) >= 11 is 0. The number of aliphatic hydroxyl groups is 1. The molecule has 0 radical (unpaired) electrons. The second-order valence-electron chi connectivity index (χ2n) is 6.30. The number of benzene rings is 2. The quantitative estimate of drug-likeness (QED) is 0.551. The average Bonchev–Trinajstić information content (AvgIpc) is 3.05. The maximum Gasteiger partial charge on any atom is 0.328 e. The summed E-state index contributed by atoms with van der Waals surface area (Å²) in [4.78, 5) is 35.1. The molecule has 1 aliphatic rings. The first kappa shape index (κ1) is 20.9. The molecule has 2 aromatic rings. The number of ether oxygens (including phenoxy) is 3. The van der Waals surface area contributed by atoms with Crippen LogP contribution in [0.25, 0.3) is 6.08 Å². The molecular formula is C21H19NO8. The predicted molar refractivity (Wildman–Crippen MR) is 105 cm³/mol. The van der Waals surface area contributed by atoms with Gasteiger partial charge >= 0.3 is 5.97 Å². The number of hydrogen-bond donors (Lipinski definition) is 3. The van der Waals surface area contributed by atoms with Crippen molar-refractivity contribution in [1.82, 2.24) is 5.32 Å². The van der Waals surface area contributed by atoms with Gasteiger partial charge in [0.2, 0.25) is 5.78 Å². The summed E-state index contributed by atoms with van der Waals surface area (Å²) in [6.45, 7) is -1.21. The maximum atomic E-state index is 12.5. The average molecular weight is 413 g/mol. The minimum absolute atomic E-state index is 0.139. The number of aliphatic carboxylic acids is 1. The van der Waals surface area contributed by atoms with Crippen molar-refractivity contribution in [2.75, 3.05) is 20.3 Å². The van der Waals surface area contributed by atoms with Gasteiger partial charge in [-0.3, -0.25) is 9.59 Å². The fraction of sp³-hybridized carbons (Fsp3) is 0.190. The number of carboxylic acids is 1. The number of hydrogen-bond acceptors (Lipinski definition) is 7. The van der Waals surface area contributed by atoms with Gasteiger partial charge in [-0.2, -0.15) is 0 Å². The molecule has 1 aliphatic heterocycles. The Balaban J connectivity index is 1.67. The molecule has 0 bridgehead atoms. The monoisotopic (exact) mass is 413 g/mol. The maximum absolute atomic E-state index is 12.5. The van der Waals surface area contributed by atoms with Gasteiger partial charge in [-0.15, -0.1) is 0 Å². The summed E-state index contributed by atoms with van der Waals surface area (Å²) in [5.74, 6) is -1.03. The molecule has 2 aromatic carbocycles. The second-order valence-corrected chi connectivity index (χ2v) is 6.30. The van der Waals surface area contributed by atoms with Gasteiger partial charge in [-0.1, -0.05) is 12.1 Å². The second kappa shape index (κ2) is 9.10. The van der Waals surface area contributed by atoms with E-state index < -0.39 is 31.1 Å². The van der Waals surface area contributed by atoms with E-state index in [4.69, 9.17) is 24.4 Å². The first-order valence-electron chi connectivity index (χ1n) is 8.89. The summed E-state index contributed by atoms with van der Waals surface area (Å²) in [5.41, 5.74) is 1.09. The lowest BCUT2D eigenvalue weighted by atomic mass is 10.1. The standard InChI is InChI=1S/C21H19NO8/c1-28-13-4-2-3-12(7-13)8-18-20(25)15-6-5-14(9-17(15)30-18)29-11-19(24)22-16(10-23)21(26)27/h2-9,16,23H,10-11H2,1H3,(H,22,24)(H,26,27)/b18-8-/t16-/m0/s1. The molecule has 0 saturated heterocycles. The van der Waals surface area contributed by atoms with E-state index in [9.17, 15) is 14.4 Å². The number of allylic oxidation sites excluding steroid dienone is 1. The SMILES string of the molecule is COc1cccc(/C=C2\Oc3cc(OCC(=O)N[C@@H](CO)C(=O)O)ccc3C2=O)c1. The summed E-state index contributed by atoms with van der Waals surface area (Å²) in [7, 11) is 1.55. The Morgan fingerprint density at radius 2 is 2.00 bits per heavy atom. The summed E-state index contributed by atoms with van der Waals surface area (Å²) < 4.78 is 16.1. The summed E-state index contributed by atoms with van der Waals surface area (Å²) in [6, 6.07) is 10.2. The van der Waals surface area contributed by atoms with Crippen LogP contribution in [-0.4, -0.2) is 54.2 Å². The van der Waals surface area contributed by atoms with Gasteiger partial charge in [-0.25, -0.2) is 4.79 Å². The summed E-state index contributed by atoms with van der Waals surface area (Å²) in [5, 5.41) is 19.9. The van der Waals surface area contributed by atoms with Crippen LogP contribution in [0.1, 0.15) is 15.9 Å². The van der Waals surface area contributed by atoms with Crippen molar-refractivity contribution >= 4 is 23.7 Å². The number of carbonyl (C=O) groups is 3. The zero-order valence-electron chi connectivity index (χ0n) is 16.0. The number of methoxy groups -OCH3 is 1. The van der Waals surface area contributed by atoms with Gasteiger partial charge in [0.15, 0.2) is 12.4 Å². The van der Waals surface area contributed by atoms with Crippen LogP contribution in [0.4, 0.5) is 0 Å². The smallest absolute Gasteiger partial charge is 0.328 e. The Labute approximate surface area is 171 Å². The molecule has 0 saturated carbocycles. The number of nitrogens with one attached hydrogen (secondary N) is 1. The Morgan fingerprint density at radius 3 is 2.70 bits per heavy atom. The Bertz CT molecular complexity index is 1010. The predicted octanol–water partition coefficient (Wildman–Crippen LogP) is 1.25. The van der Waals surface area contributed by atoms with Crippen LogP contribution in [-0.2, 0) is 9.59 Å². The molecule has 1 amide bonds. The van der Waals surface area contributed by atoms with E-state index in [1.165, 1.54) is 18.2 Å². The van der Waals surface area contributed by atoms with E-state index in [0.717, 1.165) is 5.56 Å². The number of amides is 1. The van der Waals surface area contributed by atoms with Crippen molar-refractivity contribution in [3.8, 4) is 17.2 Å². The molecule has 3 N–H and O–H groups in total. The molecule has 0 aromatic heterocycles. The van der Waals surface area contributed by atoms with Crippen LogP contribution in [0, 0.1) is 0 Å². The van der Waals surface area contributed by atoms with Gasteiger partial charge in [0, 0.05) is 6.07 Å². The largest absolute Gasteiger partial charge is 0.497 e. The van der Waals surface area contributed by atoms with Gasteiger partial charge in [0.25, 0.3) is 5.91 Å². The topological polar surface area (TPSA) is 131 Å². The first-order chi connectivity index (χ1) is 14.4. The normalized spacial score (nSPS) is 14.6. The van der Waals surface area contributed by atoms with Crippen molar-refractivity contribution in [2.45, 2.75) is 6.04 Å². The number of aliphatic hydroxyl groups excluding tert-OH is 1. The van der Waals surface area contributed by atoms with Gasteiger partial charge in [0.05, 0.1) is 19.3 Å². The molecule has 0 spiro atoms. The molecule has 9 heteroatoms. The van der Waals surface area contributed by atoms with E-state index in [-0.39, 0.29) is 23.0 Å². The van der Waals surface area contributed by atoms with Crippen LogP contribution in [0.15, 0.2) is 48.2 Å². The minimum atomic E-state index is -1.41. The number of Topliss-reactive ketones (excluding diaryl/α,β-unsaturated/α-hetero) is 1. The van der Waals surface area contributed by atoms with E-state index in [1.807, 2.05) is 0 Å². The molecule has 1 atom stereocenters. The van der Waals surface area contributed by atoms with Crippen LogP contribution in [0.2, 0.25) is 0 Å². The lowest BCUT2D eigenvalue weighted by molar-refractivity contribution is -0.143. The van der Waals surface area contributed by atoms with E-state index >= 15 is 0 Å². The van der Waals surface area contributed by atoms with E-state index in [2.05, 4.69) is 5.32 Å². The Hall–Kier alpha value is -3.85. The molecule has 30 heavy (non-hydrogen) atoms. The van der Waals surface area contributed by atoms with Crippen molar-refractivity contribution < 1.29 is 38.8 Å². The zero-order valence-corrected chi connectivity index (χ0v) is 16.0. The zero-order chi connectivity index (χ0) is 21.7. The van der Waals surface area contributed by atoms with Crippen molar-refractivity contribution in [3.05, 3.63) is 59.4 Å². The lowest BCUT2D eigenvalue weighted by Crippen LogP contribution is -2.45. The molecule has 0 fully saturated rings. The van der Waals surface area contributed by atoms with E-state index in [0.29, 0.717) is 11.3 Å². The highest BCUT2D eigenvalue weighted by atomic mass is 16.5. The lowest BCUT2D eigenvalue weighted by Gasteiger charge is -2.12. The third-order valence-corrected chi connectivity index (χ3v) is 4.22. The van der Waals surface area contributed by atoms with Crippen LogP contribution >= 0.6 is 0 Å². The Morgan fingerprint density at radius 1 is 1.20 bits per heavy atom. The molecular weight excluding hydrogens is 394 g/mol. The Kier molecular flexibility index (Phi) is 6.33. The molecule has 3 rings (SSSR count). The fourth-order valence-corrected chi connectivity index (χ4v) is 2.71. The van der Waals surface area contributed by atoms with Gasteiger partial charge < -0.3 is 29.7 Å². The van der Waals surface area contributed by atoms with Crippen molar-refractivity contribution in [3.63, 3.8) is 0 Å². The van der Waals surface area contributed by atoms with Crippen LogP contribution in [0.3, 0.4) is 0 Å². The first-order valence-corrected chi connectivity index (χ1v) is 8.89. The highest BCUT2D eigenvalue weighted by molar-refractivity contribution is 6.14. The third-order valence-electron chi connectivity index (χ3n) is 4.22. The number of fused-ring (bicyclic) bond motifs is 1. The van der Waals surface area contributed by atoms with Crippen molar-refractivity contribution in [1.29, 1.82) is 0 Å². The number of carbonyl (C=O) groups excluding carboxylic acids is 2. The summed E-state index contributed by atoms with van der Waals surface area (Å²) in [6.07, 6.45) is 1.60. The molecule has 0 unspecified atom stereocenters. The number of rotatable bonds is 8.